The van der Waals surface area contributed by atoms with Crippen LogP contribution >= 0.6 is 11.6 Å². The third-order valence-electron chi connectivity index (χ3n) is 2.59. The van der Waals surface area contributed by atoms with E-state index in [9.17, 15) is 0 Å². The van der Waals surface area contributed by atoms with Gasteiger partial charge in [-0.15, -0.1) is 0 Å². The molecule has 4 heteroatoms. The van der Waals surface area contributed by atoms with Gasteiger partial charge in [0.25, 0.3) is 0 Å². The minimum absolute atomic E-state index is 0.419. The van der Waals surface area contributed by atoms with E-state index in [1.165, 1.54) is 0 Å². The van der Waals surface area contributed by atoms with Gasteiger partial charge in [-0.25, -0.2) is 4.98 Å². The van der Waals surface area contributed by atoms with E-state index in [0.717, 1.165) is 11.1 Å². The lowest BCUT2D eigenvalue weighted by atomic mass is 10.1. The van der Waals surface area contributed by atoms with Crippen molar-refractivity contribution in [1.82, 2.24) is 9.97 Å². The SMILES string of the molecule is Cc1ccccc1-c1nc2nc(Cl)ccc2o1. The van der Waals surface area contributed by atoms with E-state index in [1.807, 2.05) is 31.2 Å². The van der Waals surface area contributed by atoms with Gasteiger partial charge in [0.1, 0.15) is 5.15 Å². The van der Waals surface area contributed by atoms with Crippen LogP contribution in [-0.4, -0.2) is 9.97 Å². The van der Waals surface area contributed by atoms with Crippen molar-refractivity contribution in [2.75, 3.05) is 0 Å². The number of aryl methyl sites for hydroxylation is 1. The van der Waals surface area contributed by atoms with Crippen LogP contribution in [0.15, 0.2) is 40.8 Å². The lowest BCUT2D eigenvalue weighted by molar-refractivity contribution is 0.619. The van der Waals surface area contributed by atoms with Crippen molar-refractivity contribution in [3.63, 3.8) is 0 Å². The van der Waals surface area contributed by atoms with Crippen LogP contribution in [0.1, 0.15) is 5.56 Å². The highest BCUT2D eigenvalue weighted by atomic mass is 35.5. The number of fused-ring (bicyclic) bond motifs is 1. The van der Waals surface area contributed by atoms with E-state index in [-0.39, 0.29) is 0 Å². The Bertz CT molecular complexity index is 691. The molecule has 0 spiro atoms. The molecule has 0 aliphatic rings. The van der Waals surface area contributed by atoms with Crippen LogP contribution in [0.2, 0.25) is 5.15 Å². The largest absolute Gasteiger partial charge is 0.434 e. The first-order valence-corrected chi connectivity index (χ1v) is 5.61. The standard InChI is InChI=1S/C13H9ClN2O/c1-8-4-2-3-5-9(8)13-16-12-10(17-13)6-7-11(14)15-12/h2-7H,1H3. The number of nitrogens with zero attached hydrogens (tertiary/aromatic N) is 2. The van der Waals surface area contributed by atoms with Crippen molar-refractivity contribution < 1.29 is 4.42 Å². The summed E-state index contributed by atoms with van der Waals surface area (Å²) in [6.45, 7) is 2.02. The average molecular weight is 245 g/mol. The molecular formula is C13H9ClN2O. The fourth-order valence-corrected chi connectivity index (χ4v) is 1.87. The predicted octanol–water partition coefficient (Wildman–Crippen LogP) is 3.85. The van der Waals surface area contributed by atoms with Crippen LogP contribution in [0, 0.1) is 6.92 Å². The molecule has 0 aliphatic heterocycles. The zero-order valence-electron chi connectivity index (χ0n) is 9.14. The number of hydrogen-bond acceptors (Lipinski definition) is 3. The summed E-state index contributed by atoms with van der Waals surface area (Å²) in [5.74, 6) is 0.577. The lowest BCUT2D eigenvalue weighted by Gasteiger charge is -1.98. The lowest BCUT2D eigenvalue weighted by Crippen LogP contribution is -1.82. The molecule has 0 bridgehead atoms. The Hall–Kier alpha value is -1.87. The number of benzene rings is 1. The minimum atomic E-state index is 0.419. The maximum absolute atomic E-state index is 5.81. The van der Waals surface area contributed by atoms with Crippen LogP contribution in [0.3, 0.4) is 0 Å². The Morgan fingerprint density at radius 3 is 2.71 bits per heavy atom. The van der Waals surface area contributed by atoms with Gasteiger partial charge < -0.3 is 4.42 Å². The summed E-state index contributed by atoms with van der Waals surface area (Å²) in [6, 6.07) is 11.4. The van der Waals surface area contributed by atoms with Crippen LogP contribution in [0.5, 0.6) is 0 Å². The van der Waals surface area contributed by atoms with Crippen LogP contribution in [0.4, 0.5) is 0 Å². The number of halogens is 1. The Morgan fingerprint density at radius 2 is 1.88 bits per heavy atom. The Morgan fingerprint density at radius 1 is 1.06 bits per heavy atom. The smallest absolute Gasteiger partial charge is 0.229 e. The Kier molecular flexibility index (Phi) is 2.34. The number of hydrogen-bond donors (Lipinski definition) is 0. The van der Waals surface area contributed by atoms with E-state index in [0.29, 0.717) is 22.3 Å². The summed E-state index contributed by atoms with van der Waals surface area (Å²) in [6.07, 6.45) is 0. The normalized spacial score (nSPS) is 10.9. The summed E-state index contributed by atoms with van der Waals surface area (Å²) < 4.78 is 5.66. The molecule has 0 saturated carbocycles. The van der Waals surface area contributed by atoms with Crippen molar-refractivity contribution in [2.24, 2.45) is 0 Å². The second kappa shape index (κ2) is 3.86. The summed E-state index contributed by atoms with van der Waals surface area (Å²) in [4.78, 5) is 8.45. The van der Waals surface area contributed by atoms with Crippen molar-refractivity contribution in [1.29, 1.82) is 0 Å². The molecule has 0 saturated heterocycles. The number of oxazole rings is 1. The van der Waals surface area contributed by atoms with E-state index < -0.39 is 0 Å². The van der Waals surface area contributed by atoms with Gasteiger partial charge in [-0.05, 0) is 30.7 Å². The third kappa shape index (κ3) is 1.78. The Labute approximate surface area is 103 Å². The predicted molar refractivity (Wildman–Crippen MR) is 67.0 cm³/mol. The third-order valence-corrected chi connectivity index (χ3v) is 2.81. The molecule has 0 radical (unpaired) electrons. The number of aromatic nitrogens is 2. The quantitative estimate of drug-likeness (QED) is 0.611. The molecule has 0 fully saturated rings. The zero-order chi connectivity index (χ0) is 11.8. The molecular weight excluding hydrogens is 236 g/mol. The average Bonchev–Trinajstić information content (AvgIpc) is 2.72. The maximum Gasteiger partial charge on any atom is 0.229 e. The van der Waals surface area contributed by atoms with Gasteiger partial charge >= 0.3 is 0 Å². The van der Waals surface area contributed by atoms with Gasteiger partial charge in [-0.2, -0.15) is 4.98 Å². The molecule has 3 aromatic rings. The molecule has 0 unspecified atom stereocenters. The van der Waals surface area contributed by atoms with Crippen LogP contribution < -0.4 is 0 Å². The zero-order valence-corrected chi connectivity index (χ0v) is 9.90. The summed E-state index contributed by atoms with van der Waals surface area (Å²) in [7, 11) is 0. The number of rotatable bonds is 1. The molecule has 0 aliphatic carbocycles. The fraction of sp³-hybridized carbons (Fsp3) is 0.0769. The molecule has 2 heterocycles. The van der Waals surface area contributed by atoms with Gasteiger partial charge in [-0.3, -0.25) is 0 Å². The summed E-state index contributed by atoms with van der Waals surface area (Å²) >= 11 is 5.81. The summed E-state index contributed by atoms with van der Waals surface area (Å²) in [5, 5.41) is 0.419. The molecule has 0 amide bonds. The second-order valence-corrected chi connectivity index (χ2v) is 4.18. The van der Waals surface area contributed by atoms with Gasteiger partial charge in [0.2, 0.25) is 11.5 Å². The fourth-order valence-electron chi connectivity index (χ4n) is 1.72. The van der Waals surface area contributed by atoms with Crippen LogP contribution in [0.25, 0.3) is 22.7 Å². The van der Waals surface area contributed by atoms with E-state index >= 15 is 0 Å². The van der Waals surface area contributed by atoms with Crippen molar-refractivity contribution in [2.45, 2.75) is 6.92 Å². The van der Waals surface area contributed by atoms with E-state index in [4.69, 9.17) is 16.0 Å². The highest BCUT2D eigenvalue weighted by Gasteiger charge is 2.10. The topological polar surface area (TPSA) is 38.9 Å². The van der Waals surface area contributed by atoms with Crippen molar-refractivity contribution in [3.05, 3.63) is 47.1 Å². The monoisotopic (exact) mass is 244 g/mol. The molecule has 0 atom stereocenters. The molecule has 0 N–H and O–H groups in total. The molecule has 2 aromatic heterocycles. The molecule has 3 nitrogen and oxygen atoms in total. The van der Waals surface area contributed by atoms with Gasteiger partial charge in [0.05, 0.1) is 0 Å². The van der Waals surface area contributed by atoms with Gasteiger partial charge in [-0.1, -0.05) is 29.8 Å². The van der Waals surface area contributed by atoms with Gasteiger partial charge in [0, 0.05) is 5.56 Å². The first kappa shape index (κ1) is 10.3. The van der Waals surface area contributed by atoms with E-state index in [1.54, 1.807) is 12.1 Å². The minimum Gasteiger partial charge on any atom is -0.434 e. The first-order valence-electron chi connectivity index (χ1n) is 5.23. The summed E-state index contributed by atoms with van der Waals surface area (Å²) in [5.41, 5.74) is 3.27. The molecule has 84 valence electrons. The van der Waals surface area contributed by atoms with Crippen molar-refractivity contribution in [3.8, 4) is 11.5 Å². The molecule has 1 aromatic carbocycles. The maximum atomic E-state index is 5.81. The van der Waals surface area contributed by atoms with Crippen LogP contribution in [-0.2, 0) is 0 Å². The van der Waals surface area contributed by atoms with E-state index in [2.05, 4.69) is 9.97 Å². The molecule has 17 heavy (non-hydrogen) atoms. The highest BCUT2D eigenvalue weighted by molar-refractivity contribution is 6.29. The van der Waals surface area contributed by atoms with Gasteiger partial charge in [0.15, 0.2) is 5.58 Å². The Balaban J connectivity index is 2.22. The van der Waals surface area contributed by atoms with Crippen molar-refractivity contribution >= 4 is 22.8 Å². The second-order valence-electron chi connectivity index (χ2n) is 3.79. The first-order chi connectivity index (χ1) is 8.24. The highest BCUT2D eigenvalue weighted by Crippen LogP contribution is 2.26. The number of pyridine rings is 1. The molecule has 3 rings (SSSR count).